The van der Waals surface area contributed by atoms with Crippen LogP contribution in [0.2, 0.25) is 0 Å². The number of aromatic amines is 2. The lowest BCUT2D eigenvalue weighted by atomic mass is 10.0. The molecule has 0 amide bonds. The number of nitrogens with one attached hydrogen (secondary N) is 3. The number of hydrogen-bond donors (Lipinski definition) is 4. The summed E-state index contributed by atoms with van der Waals surface area (Å²) in [5, 5.41) is 22.9. The molecule has 2 aliphatic rings. The van der Waals surface area contributed by atoms with Crippen LogP contribution in [0, 0.1) is 11.7 Å². The molecule has 1 atom stereocenters. The van der Waals surface area contributed by atoms with Crippen molar-refractivity contribution in [2.45, 2.75) is 31.9 Å². The quantitative estimate of drug-likeness (QED) is 0.141. The minimum atomic E-state index is -0.573. The third kappa shape index (κ3) is 5.72. The Morgan fingerprint density at radius 2 is 1.78 bits per heavy atom. The molecular formula is C34H33FN8O2. The minimum absolute atomic E-state index is 0.299. The predicted molar refractivity (Wildman–Crippen MR) is 171 cm³/mol. The number of ether oxygens (including phenoxy) is 1. The number of pyridine rings is 3. The van der Waals surface area contributed by atoms with Gasteiger partial charge in [-0.25, -0.2) is 9.37 Å². The monoisotopic (exact) mass is 604 g/mol. The molecule has 2 fully saturated rings. The normalized spacial score (nSPS) is 16.0. The molecule has 8 rings (SSSR count). The number of nitrogens with zero attached hydrogens (tertiary/aromatic N) is 5. The molecule has 228 valence electrons. The van der Waals surface area contributed by atoms with E-state index in [1.54, 1.807) is 31.0 Å². The number of hydrogen-bond acceptors (Lipinski definition) is 8. The number of likely N-dealkylation sites (tertiary alicyclic amines) is 1. The molecule has 1 aliphatic carbocycles. The summed E-state index contributed by atoms with van der Waals surface area (Å²) in [6, 6.07) is 10.8. The SMILES string of the molecule is OC(Nc1cncc(-c2cnc3[nH]nc(-c4cc5c(-c6cc(F)cc(OCCN7CCCC7)c6)cncc5[nH]4)c3c2)c1)C1CC1. The van der Waals surface area contributed by atoms with E-state index in [0.717, 1.165) is 76.8 Å². The molecule has 0 radical (unpaired) electrons. The number of aliphatic hydroxyl groups excluding tert-OH is 1. The number of rotatable bonds is 10. The smallest absolute Gasteiger partial charge is 0.155 e. The zero-order valence-electron chi connectivity index (χ0n) is 24.6. The van der Waals surface area contributed by atoms with Crippen molar-refractivity contribution in [3.05, 3.63) is 73.2 Å². The van der Waals surface area contributed by atoms with Crippen LogP contribution in [0.25, 0.3) is 55.6 Å². The second kappa shape index (κ2) is 11.6. The van der Waals surface area contributed by atoms with E-state index in [4.69, 9.17) is 4.74 Å². The van der Waals surface area contributed by atoms with Crippen molar-refractivity contribution in [2.24, 2.45) is 5.92 Å². The van der Waals surface area contributed by atoms with Gasteiger partial charge in [-0.2, -0.15) is 5.10 Å². The van der Waals surface area contributed by atoms with Crippen molar-refractivity contribution in [3.63, 3.8) is 0 Å². The Bertz CT molecular complexity index is 2000. The first-order valence-corrected chi connectivity index (χ1v) is 15.4. The van der Waals surface area contributed by atoms with Crippen LogP contribution >= 0.6 is 0 Å². The maximum atomic E-state index is 14.8. The number of aliphatic hydroxyl groups is 1. The van der Waals surface area contributed by atoms with Crippen molar-refractivity contribution < 1.29 is 14.2 Å². The van der Waals surface area contributed by atoms with Gasteiger partial charge in [-0.05, 0) is 74.7 Å². The highest BCUT2D eigenvalue weighted by atomic mass is 19.1. The van der Waals surface area contributed by atoms with Gasteiger partial charge < -0.3 is 20.1 Å². The van der Waals surface area contributed by atoms with Crippen LogP contribution in [-0.4, -0.2) is 72.6 Å². The van der Waals surface area contributed by atoms with E-state index in [9.17, 15) is 9.50 Å². The Hall–Kier alpha value is -4.87. The van der Waals surface area contributed by atoms with Gasteiger partial charge in [0.05, 0.1) is 29.3 Å². The third-order valence-electron chi connectivity index (χ3n) is 8.73. The summed E-state index contributed by atoms with van der Waals surface area (Å²) >= 11 is 0. The molecule has 1 saturated heterocycles. The fourth-order valence-corrected chi connectivity index (χ4v) is 6.15. The molecule has 0 bridgehead atoms. The number of halogens is 1. The van der Waals surface area contributed by atoms with Gasteiger partial charge in [0, 0.05) is 64.6 Å². The average molecular weight is 605 g/mol. The molecule has 45 heavy (non-hydrogen) atoms. The maximum Gasteiger partial charge on any atom is 0.155 e. The van der Waals surface area contributed by atoms with E-state index in [-0.39, 0.29) is 5.82 Å². The summed E-state index contributed by atoms with van der Waals surface area (Å²) in [4.78, 5) is 19.3. The molecule has 6 heterocycles. The first-order chi connectivity index (χ1) is 22.1. The fraction of sp³-hybridized carbons (Fsp3) is 0.294. The Labute approximate surface area is 258 Å². The summed E-state index contributed by atoms with van der Waals surface area (Å²) in [7, 11) is 0. The molecule has 0 spiro atoms. The van der Waals surface area contributed by atoms with Crippen molar-refractivity contribution in [3.8, 4) is 39.4 Å². The zero-order chi connectivity index (χ0) is 30.3. The van der Waals surface area contributed by atoms with Crippen molar-refractivity contribution in [2.75, 3.05) is 31.6 Å². The Balaban J connectivity index is 1.09. The van der Waals surface area contributed by atoms with E-state index in [1.165, 1.54) is 25.0 Å². The van der Waals surface area contributed by atoms with Crippen LogP contribution in [0.1, 0.15) is 25.7 Å². The second-order valence-corrected chi connectivity index (χ2v) is 12.0. The fourth-order valence-electron chi connectivity index (χ4n) is 6.15. The predicted octanol–water partition coefficient (Wildman–Crippen LogP) is 5.98. The molecule has 1 aromatic carbocycles. The van der Waals surface area contributed by atoms with Gasteiger partial charge in [0.25, 0.3) is 0 Å². The Morgan fingerprint density at radius 1 is 0.933 bits per heavy atom. The first-order valence-electron chi connectivity index (χ1n) is 15.4. The van der Waals surface area contributed by atoms with Crippen LogP contribution in [0.3, 0.4) is 0 Å². The summed E-state index contributed by atoms with van der Waals surface area (Å²) in [6.45, 7) is 3.54. The largest absolute Gasteiger partial charge is 0.492 e. The number of fused-ring (bicyclic) bond motifs is 2. The van der Waals surface area contributed by atoms with E-state index in [2.05, 4.69) is 40.3 Å². The standard InChI is InChI=1S/C34H33FN8O2/c35-24-9-21(11-26(13-24)45-8-7-43-5-1-2-6-43)29-18-37-19-31-27(29)14-30(40-31)32-28-12-23(16-38-33(28)42-41-32)22-10-25(17-36-15-22)39-34(44)20-3-4-20/h9-20,34,39-40,44H,1-8H2,(H,38,41,42). The highest BCUT2D eigenvalue weighted by molar-refractivity contribution is 6.00. The van der Waals surface area contributed by atoms with Crippen molar-refractivity contribution in [1.82, 2.24) is 35.0 Å². The lowest BCUT2D eigenvalue weighted by Gasteiger charge is -2.15. The Kier molecular flexibility index (Phi) is 7.11. The zero-order valence-corrected chi connectivity index (χ0v) is 24.6. The van der Waals surface area contributed by atoms with Crippen LogP contribution in [0.5, 0.6) is 5.75 Å². The molecule has 1 aliphatic heterocycles. The molecule has 5 aromatic heterocycles. The summed E-state index contributed by atoms with van der Waals surface area (Å²) < 4.78 is 20.8. The van der Waals surface area contributed by atoms with Gasteiger partial charge in [0.1, 0.15) is 30.1 Å². The van der Waals surface area contributed by atoms with E-state index in [0.29, 0.717) is 35.2 Å². The van der Waals surface area contributed by atoms with Crippen molar-refractivity contribution >= 4 is 27.6 Å². The number of benzene rings is 1. The number of anilines is 1. The molecule has 4 N–H and O–H groups in total. The van der Waals surface area contributed by atoms with Crippen molar-refractivity contribution in [1.29, 1.82) is 0 Å². The molecule has 6 aromatic rings. The first kappa shape index (κ1) is 27.7. The highest BCUT2D eigenvalue weighted by Crippen LogP contribution is 2.36. The van der Waals surface area contributed by atoms with Crippen LogP contribution < -0.4 is 10.1 Å². The van der Waals surface area contributed by atoms with E-state index < -0.39 is 6.23 Å². The number of aromatic nitrogens is 6. The van der Waals surface area contributed by atoms with E-state index in [1.807, 2.05) is 24.3 Å². The number of H-pyrrole nitrogens is 2. The van der Waals surface area contributed by atoms with Crippen LogP contribution in [0.4, 0.5) is 10.1 Å². The molecular weight excluding hydrogens is 571 g/mol. The summed E-state index contributed by atoms with van der Waals surface area (Å²) in [5.41, 5.74) is 6.93. The van der Waals surface area contributed by atoms with Gasteiger partial charge >= 0.3 is 0 Å². The Morgan fingerprint density at radius 3 is 2.64 bits per heavy atom. The highest BCUT2D eigenvalue weighted by Gasteiger charge is 2.29. The maximum absolute atomic E-state index is 14.8. The lowest BCUT2D eigenvalue weighted by molar-refractivity contribution is 0.180. The summed E-state index contributed by atoms with van der Waals surface area (Å²) in [5.74, 6) is 0.446. The second-order valence-electron chi connectivity index (χ2n) is 12.0. The summed E-state index contributed by atoms with van der Waals surface area (Å²) in [6.07, 6.45) is 12.7. The molecule has 11 heteroatoms. The average Bonchev–Trinajstić information content (AvgIpc) is 3.40. The van der Waals surface area contributed by atoms with Gasteiger partial charge in [-0.15, -0.1) is 0 Å². The van der Waals surface area contributed by atoms with Gasteiger partial charge in [-0.1, -0.05) is 0 Å². The lowest BCUT2D eigenvalue weighted by Crippen LogP contribution is -2.25. The minimum Gasteiger partial charge on any atom is -0.492 e. The third-order valence-corrected chi connectivity index (χ3v) is 8.73. The van der Waals surface area contributed by atoms with Gasteiger partial charge in [-0.3, -0.25) is 20.0 Å². The van der Waals surface area contributed by atoms with Gasteiger partial charge in [0.15, 0.2) is 5.65 Å². The van der Waals surface area contributed by atoms with Crippen LogP contribution in [-0.2, 0) is 0 Å². The molecule has 1 unspecified atom stereocenters. The topological polar surface area (TPSA) is 128 Å². The van der Waals surface area contributed by atoms with Crippen LogP contribution in [0.15, 0.2) is 67.4 Å². The van der Waals surface area contributed by atoms with E-state index >= 15 is 0 Å². The molecule has 1 saturated carbocycles. The van der Waals surface area contributed by atoms with Gasteiger partial charge in [0.2, 0.25) is 0 Å². The molecule has 10 nitrogen and oxygen atoms in total.